The lowest BCUT2D eigenvalue weighted by molar-refractivity contribution is -0.158. The van der Waals surface area contributed by atoms with E-state index in [1.54, 1.807) is 59.2 Å². The van der Waals surface area contributed by atoms with Gasteiger partial charge in [0.05, 0.1) is 46.9 Å². The number of phenolic OH excluding ortho intramolecular Hbond substituents is 3. The van der Waals surface area contributed by atoms with E-state index in [0.29, 0.717) is 78.4 Å². The molecule has 3 aromatic heterocycles. The van der Waals surface area contributed by atoms with Crippen LogP contribution in [-0.4, -0.2) is 76.3 Å². The Bertz CT molecular complexity index is 2840. The average Bonchev–Trinajstić information content (AvgIpc) is 3.84. The van der Waals surface area contributed by atoms with Gasteiger partial charge < -0.3 is 39.0 Å². The van der Waals surface area contributed by atoms with Crippen LogP contribution in [0.5, 0.6) is 23.0 Å². The molecular formula is C46H48N6O10. The number of benzene rings is 3. The minimum atomic E-state index is -1.42. The van der Waals surface area contributed by atoms with E-state index < -0.39 is 23.9 Å². The molecule has 4 N–H and O–H groups in total. The highest BCUT2D eigenvalue weighted by Gasteiger charge is 2.39. The lowest BCUT2D eigenvalue weighted by atomic mass is 9.97. The molecule has 0 bridgehead atoms. The maximum absolute atomic E-state index is 13.9. The summed E-state index contributed by atoms with van der Waals surface area (Å²) in [4.78, 5) is 59.8. The van der Waals surface area contributed by atoms with Crippen LogP contribution in [0.1, 0.15) is 87.3 Å². The molecule has 3 aromatic carbocycles. The zero-order valence-corrected chi connectivity index (χ0v) is 35.1. The number of piperidine rings is 1. The molecule has 0 aliphatic carbocycles. The molecule has 3 aliphatic heterocycles. The number of H-pyrrole nitrogens is 1. The normalized spacial score (nSPS) is 15.7. The third kappa shape index (κ3) is 7.39. The number of phenols is 3. The van der Waals surface area contributed by atoms with Crippen LogP contribution in [0.4, 0.5) is 4.79 Å². The third-order valence-corrected chi connectivity index (χ3v) is 11.7. The third-order valence-electron chi connectivity index (χ3n) is 11.7. The summed E-state index contributed by atoms with van der Waals surface area (Å²) in [5, 5.41) is 38.5. The number of hydrogen-bond acceptors (Lipinski definition) is 12. The van der Waals surface area contributed by atoms with E-state index in [-0.39, 0.29) is 64.7 Å². The van der Waals surface area contributed by atoms with Gasteiger partial charge in [-0.05, 0) is 96.8 Å². The van der Waals surface area contributed by atoms with Gasteiger partial charge in [-0.2, -0.15) is 5.10 Å². The van der Waals surface area contributed by atoms with Crippen LogP contribution >= 0.6 is 0 Å². The van der Waals surface area contributed by atoms with E-state index >= 15 is 0 Å². The first-order valence-corrected chi connectivity index (χ1v) is 20.9. The van der Waals surface area contributed by atoms with Crippen molar-refractivity contribution in [3.63, 3.8) is 0 Å². The van der Waals surface area contributed by atoms with Gasteiger partial charge in [0.2, 0.25) is 6.10 Å². The molecule has 0 radical (unpaired) electrons. The van der Waals surface area contributed by atoms with E-state index in [9.17, 15) is 34.5 Å². The zero-order valence-electron chi connectivity index (χ0n) is 35.1. The number of hydrogen-bond donors (Lipinski definition) is 4. The Labute approximate surface area is 356 Å². The Morgan fingerprint density at radius 2 is 1.69 bits per heavy atom. The smallest absolute Gasteiger partial charge is 0.410 e. The highest BCUT2D eigenvalue weighted by Crippen LogP contribution is 2.40. The molecule has 1 fully saturated rings. The Morgan fingerprint density at radius 3 is 2.40 bits per heavy atom. The lowest BCUT2D eigenvalue weighted by Gasteiger charge is -2.33. The number of carbonyl (C=O) groups excluding carboxylic acids is 2. The van der Waals surface area contributed by atoms with Gasteiger partial charge in [-0.1, -0.05) is 34.6 Å². The van der Waals surface area contributed by atoms with Gasteiger partial charge in [-0.25, -0.2) is 29.0 Å². The molecule has 1 atom stereocenters. The molecular weight excluding hydrogens is 797 g/mol. The fraction of sp³-hybridized carbons (Fsp3) is 0.348. The Kier molecular flexibility index (Phi) is 11.2. The molecule has 16 nitrogen and oxygen atoms in total. The highest BCUT2D eigenvalue weighted by atomic mass is 16.6. The molecule has 9 rings (SSSR count). The topological polar surface area (TPSA) is 211 Å². The van der Waals surface area contributed by atoms with E-state index in [1.165, 1.54) is 15.5 Å². The van der Waals surface area contributed by atoms with Crippen molar-refractivity contribution in [1.82, 2.24) is 29.2 Å². The van der Waals surface area contributed by atoms with Crippen molar-refractivity contribution in [2.75, 3.05) is 19.7 Å². The molecule has 1 amide bonds. The minimum Gasteiger partial charge on any atom is -0.508 e. The number of rotatable bonds is 8. The Morgan fingerprint density at radius 1 is 0.952 bits per heavy atom. The molecule has 6 heterocycles. The number of aromatic hydroxyl groups is 3. The van der Waals surface area contributed by atoms with Crippen molar-refractivity contribution in [3.8, 4) is 51.5 Å². The van der Waals surface area contributed by atoms with Crippen LogP contribution in [0, 0.1) is 5.92 Å². The molecule has 1 saturated heterocycles. The van der Waals surface area contributed by atoms with Gasteiger partial charge in [0.1, 0.15) is 29.6 Å². The predicted molar refractivity (Wildman–Crippen MR) is 229 cm³/mol. The predicted octanol–water partition coefficient (Wildman–Crippen LogP) is 6.82. The standard InChI is InChI=1S/C44H42N6O10.C2H6/c1-4-27-29-15-25(51)7-10-34(29)45-38-32(27)19-49-35(38)17-30-33(41(49)54)21-59-42(55)39(30)60-44(57)48-13-11-23(12-14-48)20-58-26-8-5-24(6-9-26)50-40(46-47-43(50)56)31-16-28(22(2)3)36(52)18-37(31)53;1-2/h5-10,15-18,22-23,39,51-53H,4,11-14,19-21H2,1-3H3,(H,47,56);1-2H3. The SMILES string of the molecule is CC.CCc1c2c(nc3ccc(O)cc13)-c1cc3c(c(=O)n1C2)COC(=O)C3OC(=O)N1CCC(COc2ccc(-n3c(-c4cc(C(C)C)c(O)cc4O)n[nH]c3=O)cc2)CC1. The number of nitrogens with zero attached hydrogens (tertiary/aromatic N) is 5. The number of likely N-dealkylation sites (tertiary alicyclic amines) is 1. The summed E-state index contributed by atoms with van der Waals surface area (Å²) in [6, 6.07) is 16.4. The van der Waals surface area contributed by atoms with Crippen molar-refractivity contribution in [1.29, 1.82) is 0 Å². The monoisotopic (exact) mass is 844 g/mol. The number of esters is 1. The number of cyclic esters (lactones) is 1. The van der Waals surface area contributed by atoms with Crippen molar-refractivity contribution in [2.45, 2.75) is 79.1 Å². The van der Waals surface area contributed by atoms with E-state index in [2.05, 4.69) is 10.2 Å². The summed E-state index contributed by atoms with van der Waals surface area (Å²) in [6.45, 7) is 11.0. The van der Waals surface area contributed by atoms with Crippen LogP contribution in [0.3, 0.4) is 0 Å². The van der Waals surface area contributed by atoms with Crippen LogP contribution in [0.25, 0.3) is 39.4 Å². The molecule has 3 aliphatic rings. The molecule has 1 unspecified atom stereocenters. The van der Waals surface area contributed by atoms with Crippen molar-refractivity contribution in [3.05, 3.63) is 109 Å². The van der Waals surface area contributed by atoms with Gasteiger partial charge >= 0.3 is 17.8 Å². The Hall–Kier alpha value is -7.10. The van der Waals surface area contributed by atoms with Crippen molar-refractivity contribution in [2.24, 2.45) is 5.92 Å². The van der Waals surface area contributed by atoms with Crippen LogP contribution < -0.4 is 16.0 Å². The number of aromatic amines is 1. The van der Waals surface area contributed by atoms with Gasteiger partial charge in [-0.3, -0.25) is 4.79 Å². The van der Waals surface area contributed by atoms with Gasteiger partial charge in [0.25, 0.3) is 5.56 Å². The van der Waals surface area contributed by atoms with Crippen molar-refractivity contribution < 1.29 is 39.1 Å². The zero-order chi connectivity index (χ0) is 44.0. The number of nitrogens with one attached hydrogen (secondary N) is 1. The summed E-state index contributed by atoms with van der Waals surface area (Å²) in [6.07, 6.45) is -0.228. The maximum Gasteiger partial charge on any atom is 0.410 e. The van der Waals surface area contributed by atoms with Crippen LogP contribution in [-0.2, 0) is 33.8 Å². The first kappa shape index (κ1) is 41.6. The van der Waals surface area contributed by atoms with E-state index in [1.807, 2.05) is 34.6 Å². The fourth-order valence-electron chi connectivity index (χ4n) is 8.51. The Balaban J connectivity index is 0.00000261. The number of pyridine rings is 2. The first-order chi connectivity index (χ1) is 29.9. The average molecular weight is 845 g/mol. The van der Waals surface area contributed by atoms with Gasteiger partial charge in [0, 0.05) is 35.7 Å². The number of aromatic nitrogens is 5. The number of aryl methyl sites for hydroxylation is 1. The summed E-state index contributed by atoms with van der Waals surface area (Å²) >= 11 is 0. The first-order valence-electron chi connectivity index (χ1n) is 20.9. The number of amides is 1. The molecule has 6 aromatic rings. The van der Waals surface area contributed by atoms with Crippen LogP contribution in [0.2, 0.25) is 0 Å². The second kappa shape index (κ2) is 16.7. The lowest BCUT2D eigenvalue weighted by Crippen LogP contribution is -2.42. The van der Waals surface area contributed by atoms with Gasteiger partial charge in [0.15, 0.2) is 5.82 Å². The summed E-state index contributed by atoms with van der Waals surface area (Å²) in [7, 11) is 0. The molecule has 0 saturated carbocycles. The quantitative estimate of drug-likeness (QED) is 0.116. The summed E-state index contributed by atoms with van der Waals surface area (Å²) in [5.41, 5.74) is 4.73. The molecule has 322 valence electrons. The summed E-state index contributed by atoms with van der Waals surface area (Å²) < 4.78 is 20.2. The highest BCUT2D eigenvalue weighted by molar-refractivity contribution is 5.89. The van der Waals surface area contributed by atoms with Crippen molar-refractivity contribution >= 4 is 23.0 Å². The number of fused-ring (bicyclic) bond motifs is 5. The second-order valence-corrected chi connectivity index (χ2v) is 15.7. The molecule has 62 heavy (non-hydrogen) atoms. The molecule has 16 heteroatoms. The van der Waals surface area contributed by atoms with E-state index in [4.69, 9.17) is 19.2 Å². The van der Waals surface area contributed by atoms with Crippen LogP contribution in [0.15, 0.2) is 70.3 Å². The summed E-state index contributed by atoms with van der Waals surface area (Å²) in [5.74, 6) is -0.0517. The second-order valence-electron chi connectivity index (χ2n) is 15.7. The minimum absolute atomic E-state index is 0.0378. The largest absolute Gasteiger partial charge is 0.508 e. The van der Waals surface area contributed by atoms with E-state index in [0.717, 1.165) is 16.5 Å². The fourth-order valence-corrected chi connectivity index (χ4v) is 8.51. The number of carbonyl (C=O) groups is 2. The maximum atomic E-state index is 13.9. The van der Waals surface area contributed by atoms with Gasteiger partial charge in [-0.15, -0.1) is 0 Å². The molecule has 0 spiro atoms. The number of ether oxygens (including phenoxy) is 3.